The van der Waals surface area contributed by atoms with E-state index in [9.17, 15) is 0 Å². The van der Waals surface area contributed by atoms with Crippen molar-refractivity contribution < 1.29 is 0 Å². The summed E-state index contributed by atoms with van der Waals surface area (Å²) in [7, 11) is 0. The smallest absolute Gasteiger partial charge is 0.0179 e. The third-order valence-electron chi connectivity index (χ3n) is 2.24. The lowest BCUT2D eigenvalue weighted by molar-refractivity contribution is 0.445. The van der Waals surface area contributed by atoms with E-state index in [0.717, 1.165) is 19.5 Å². The van der Waals surface area contributed by atoms with Gasteiger partial charge in [0, 0.05) is 13.1 Å². The summed E-state index contributed by atoms with van der Waals surface area (Å²) >= 11 is 6.04. The number of rotatable bonds is 6. The van der Waals surface area contributed by atoms with E-state index in [-0.39, 0.29) is 0 Å². The van der Waals surface area contributed by atoms with Crippen LogP contribution in [0.3, 0.4) is 0 Å². The van der Waals surface area contributed by atoms with E-state index >= 15 is 0 Å². The summed E-state index contributed by atoms with van der Waals surface area (Å²) in [5.41, 5.74) is 1.36. The van der Waals surface area contributed by atoms with Gasteiger partial charge < -0.3 is 0 Å². The summed E-state index contributed by atoms with van der Waals surface area (Å²) < 4.78 is 1.89. The lowest BCUT2D eigenvalue weighted by atomic mass is 10.1. The molecule has 1 aromatic rings. The second-order valence-corrected chi connectivity index (χ2v) is 3.98. The molecule has 0 unspecified atom stereocenters. The van der Waals surface area contributed by atoms with Gasteiger partial charge in [-0.25, -0.2) is 4.42 Å². The van der Waals surface area contributed by atoms with Crippen molar-refractivity contribution in [1.82, 2.24) is 4.42 Å². The number of unbranched alkanes of at least 4 members (excludes halogenated alkanes) is 1. The topological polar surface area (TPSA) is 3.24 Å². The molecule has 0 aromatic heterocycles. The van der Waals surface area contributed by atoms with Crippen molar-refractivity contribution >= 4 is 11.8 Å². The van der Waals surface area contributed by atoms with E-state index < -0.39 is 0 Å². The monoisotopic (exact) mass is 211 g/mol. The number of halogens is 1. The van der Waals surface area contributed by atoms with Crippen LogP contribution in [0.15, 0.2) is 30.3 Å². The highest BCUT2D eigenvalue weighted by Crippen LogP contribution is 2.04. The van der Waals surface area contributed by atoms with Crippen LogP contribution < -0.4 is 0 Å². The van der Waals surface area contributed by atoms with E-state index in [4.69, 9.17) is 11.8 Å². The average Bonchev–Trinajstić information content (AvgIpc) is 2.25. The fourth-order valence-electron chi connectivity index (χ4n) is 1.34. The molecule has 0 saturated carbocycles. The van der Waals surface area contributed by atoms with Gasteiger partial charge in [0.15, 0.2) is 0 Å². The molecule has 1 nitrogen and oxygen atoms in total. The summed E-state index contributed by atoms with van der Waals surface area (Å²) in [6.45, 7) is 4.11. The maximum Gasteiger partial charge on any atom is 0.0179 e. The predicted molar refractivity (Wildman–Crippen MR) is 62.5 cm³/mol. The molecule has 0 spiro atoms. The number of nitrogens with zero attached hydrogens (tertiary/aromatic N) is 1. The molecule has 1 rings (SSSR count). The molecule has 0 heterocycles. The maximum absolute atomic E-state index is 6.04. The number of hydrogen-bond donors (Lipinski definition) is 0. The van der Waals surface area contributed by atoms with Gasteiger partial charge in [-0.2, -0.15) is 0 Å². The third-order valence-corrected chi connectivity index (χ3v) is 2.58. The first-order valence-corrected chi connectivity index (χ1v) is 5.61. The van der Waals surface area contributed by atoms with E-state index in [1.54, 1.807) is 0 Å². The second kappa shape index (κ2) is 6.86. The van der Waals surface area contributed by atoms with E-state index in [1.165, 1.54) is 18.4 Å². The second-order valence-electron chi connectivity index (χ2n) is 3.50. The molecule has 0 atom stereocenters. The third kappa shape index (κ3) is 4.64. The van der Waals surface area contributed by atoms with Crippen LogP contribution in [0.1, 0.15) is 25.3 Å². The molecule has 0 aliphatic rings. The van der Waals surface area contributed by atoms with Crippen LogP contribution in [0.5, 0.6) is 0 Å². The Bertz CT molecular complexity index is 235. The number of benzene rings is 1. The molecule has 0 saturated heterocycles. The minimum Gasteiger partial charge on any atom is -0.220 e. The van der Waals surface area contributed by atoms with Crippen molar-refractivity contribution in [3.8, 4) is 0 Å². The zero-order valence-electron chi connectivity index (χ0n) is 8.75. The average molecular weight is 212 g/mol. The van der Waals surface area contributed by atoms with Gasteiger partial charge in [-0.1, -0.05) is 43.7 Å². The summed E-state index contributed by atoms with van der Waals surface area (Å²) in [6, 6.07) is 10.5. The quantitative estimate of drug-likeness (QED) is 0.652. The first-order chi connectivity index (χ1) is 6.83. The molecule has 2 heteroatoms. The van der Waals surface area contributed by atoms with Crippen LogP contribution in [0.4, 0.5) is 0 Å². The van der Waals surface area contributed by atoms with Crippen molar-refractivity contribution in [2.45, 2.75) is 26.2 Å². The molecule has 1 aromatic carbocycles. The van der Waals surface area contributed by atoms with Gasteiger partial charge in [0.25, 0.3) is 0 Å². The highest BCUT2D eigenvalue weighted by atomic mass is 35.5. The lowest BCUT2D eigenvalue weighted by Crippen LogP contribution is -2.16. The molecule has 0 aliphatic carbocycles. The number of hydrogen-bond acceptors (Lipinski definition) is 1. The lowest BCUT2D eigenvalue weighted by Gasteiger charge is -2.12. The van der Waals surface area contributed by atoms with E-state index in [1.807, 2.05) is 10.5 Å². The predicted octanol–water partition coefficient (Wildman–Crippen LogP) is 3.49. The first kappa shape index (κ1) is 11.5. The van der Waals surface area contributed by atoms with Crippen molar-refractivity contribution in [2.24, 2.45) is 0 Å². The summed E-state index contributed by atoms with van der Waals surface area (Å²) in [6.07, 6.45) is 3.42. The van der Waals surface area contributed by atoms with Crippen molar-refractivity contribution in [3.63, 3.8) is 0 Å². The van der Waals surface area contributed by atoms with Crippen LogP contribution in [-0.4, -0.2) is 17.5 Å². The highest BCUT2D eigenvalue weighted by Gasteiger charge is 1.99. The van der Waals surface area contributed by atoms with Crippen LogP contribution in [-0.2, 0) is 6.42 Å². The molecule has 0 N–H and O–H groups in total. The molecule has 0 radical (unpaired) electrons. The molecule has 0 fully saturated rings. The Morgan fingerprint density at radius 1 is 1.14 bits per heavy atom. The van der Waals surface area contributed by atoms with Gasteiger partial charge in [0.05, 0.1) is 0 Å². The van der Waals surface area contributed by atoms with Gasteiger partial charge in [-0.3, -0.25) is 0 Å². The molecule has 0 amide bonds. The molecule has 0 aliphatic heterocycles. The van der Waals surface area contributed by atoms with Gasteiger partial charge in [0.1, 0.15) is 0 Å². The first-order valence-electron chi connectivity index (χ1n) is 5.27. The highest BCUT2D eigenvalue weighted by molar-refractivity contribution is 6.13. The fourth-order valence-corrected chi connectivity index (χ4v) is 1.54. The molecular weight excluding hydrogens is 194 g/mol. The Morgan fingerprint density at radius 2 is 1.86 bits per heavy atom. The van der Waals surface area contributed by atoms with Crippen molar-refractivity contribution in [3.05, 3.63) is 35.9 Å². The van der Waals surface area contributed by atoms with Crippen LogP contribution in [0.25, 0.3) is 0 Å². The molecular formula is C12H18ClN. The Kier molecular flexibility index (Phi) is 5.65. The zero-order valence-corrected chi connectivity index (χ0v) is 9.50. The minimum atomic E-state index is 0.936. The van der Waals surface area contributed by atoms with Gasteiger partial charge >= 0.3 is 0 Å². The fraction of sp³-hybridized carbons (Fsp3) is 0.500. The van der Waals surface area contributed by atoms with Crippen LogP contribution >= 0.6 is 11.8 Å². The van der Waals surface area contributed by atoms with Gasteiger partial charge in [0.2, 0.25) is 0 Å². The summed E-state index contributed by atoms with van der Waals surface area (Å²) in [5, 5.41) is 0. The SMILES string of the molecule is CCCCN(Cl)CCc1ccccc1. The molecule has 0 bridgehead atoms. The Labute approximate surface area is 91.8 Å². The van der Waals surface area contributed by atoms with Crippen LogP contribution in [0.2, 0.25) is 0 Å². The van der Waals surface area contributed by atoms with Crippen molar-refractivity contribution in [1.29, 1.82) is 0 Å². The summed E-state index contributed by atoms with van der Waals surface area (Å²) in [5.74, 6) is 0. The Balaban J connectivity index is 2.20. The van der Waals surface area contributed by atoms with Crippen molar-refractivity contribution in [2.75, 3.05) is 13.1 Å². The van der Waals surface area contributed by atoms with E-state index in [2.05, 4.69) is 31.2 Å². The summed E-state index contributed by atoms with van der Waals surface area (Å²) in [4.78, 5) is 0. The van der Waals surface area contributed by atoms with Gasteiger partial charge in [-0.15, -0.1) is 0 Å². The molecule has 78 valence electrons. The normalized spacial score (nSPS) is 10.8. The minimum absolute atomic E-state index is 0.936. The Hall–Kier alpha value is -0.530. The van der Waals surface area contributed by atoms with E-state index in [0.29, 0.717) is 0 Å². The standard InChI is InChI=1S/C12H18ClN/c1-2-3-10-14(13)11-9-12-7-5-4-6-8-12/h4-8H,2-3,9-11H2,1H3. The van der Waals surface area contributed by atoms with Gasteiger partial charge in [-0.05, 0) is 30.2 Å². The van der Waals surface area contributed by atoms with Crippen LogP contribution in [0, 0.1) is 0 Å². The zero-order chi connectivity index (χ0) is 10.2. The Morgan fingerprint density at radius 3 is 2.50 bits per heavy atom. The molecule has 14 heavy (non-hydrogen) atoms. The largest absolute Gasteiger partial charge is 0.220 e. The maximum atomic E-state index is 6.04.